The SMILES string of the molecule is Cc1ccc(C(=O)N2CCCc3ccccc32)cc1S(=O)(=O)N1CCOCC1. The number of benzene rings is 2. The fraction of sp³-hybridized carbons (Fsp3) is 0.381. The summed E-state index contributed by atoms with van der Waals surface area (Å²) in [5, 5.41) is 0. The van der Waals surface area contributed by atoms with Gasteiger partial charge in [-0.3, -0.25) is 4.79 Å². The number of para-hydroxylation sites is 1. The van der Waals surface area contributed by atoms with Crippen LogP contribution < -0.4 is 4.90 Å². The third-order valence-electron chi connectivity index (χ3n) is 5.38. The Kier molecular flexibility index (Phi) is 5.23. The summed E-state index contributed by atoms with van der Waals surface area (Å²) < 4.78 is 32.9. The van der Waals surface area contributed by atoms with Crippen LogP contribution in [0.3, 0.4) is 0 Å². The first-order valence-electron chi connectivity index (χ1n) is 9.57. The van der Waals surface area contributed by atoms with Crippen LogP contribution in [0.5, 0.6) is 0 Å². The Hall–Kier alpha value is -2.22. The topological polar surface area (TPSA) is 66.9 Å². The number of carbonyl (C=O) groups excluding carboxylic acids is 1. The van der Waals surface area contributed by atoms with Crippen molar-refractivity contribution in [3.05, 3.63) is 59.2 Å². The van der Waals surface area contributed by atoms with Crippen molar-refractivity contribution in [2.24, 2.45) is 0 Å². The highest BCUT2D eigenvalue weighted by atomic mass is 32.2. The highest BCUT2D eigenvalue weighted by Crippen LogP contribution is 2.29. The average molecular weight is 401 g/mol. The van der Waals surface area contributed by atoms with E-state index in [9.17, 15) is 13.2 Å². The Bertz CT molecular complexity index is 997. The van der Waals surface area contributed by atoms with Gasteiger partial charge in [0.15, 0.2) is 0 Å². The third-order valence-corrected chi connectivity index (χ3v) is 7.42. The van der Waals surface area contributed by atoms with E-state index >= 15 is 0 Å². The number of sulfonamides is 1. The molecule has 2 aromatic rings. The molecule has 2 aliphatic rings. The van der Waals surface area contributed by atoms with Crippen molar-refractivity contribution in [3.8, 4) is 0 Å². The lowest BCUT2D eigenvalue weighted by Crippen LogP contribution is -2.41. The minimum Gasteiger partial charge on any atom is -0.379 e. The monoisotopic (exact) mass is 400 g/mol. The smallest absolute Gasteiger partial charge is 0.258 e. The molecular weight excluding hydrogens is 376 g/mol. The number of hydrogen-bond acceptors (Lipinski definition) is 4. The molecule has 1 saturated heterocycles. The lowest BCUT2D eigenvalue weighted by molar-refractivity contribution is 0.0730. The van der Waals surface area contributed by atoms with Gasteiger partial charge in [0.2, 0.25) is 10.0 Å². The van der Waals surface area contributed by atoms with Gasteiger partial charge in [-0.1, -0.05) is 24.3 Å². The molecule has 148 valence electrons. The van der Waals surface area contributed by atoms with Gasteiger partial charge in [0.25, 0.3) is 5.91 Å². The molecule has 0 spiro atoms. The minimum atomic E-state index is -3.66. The lowest BCUT2D eigenvalue weighted by atomic mass is 10.0. The Morgan fingerprint density at radius 1 is 1.04 bits per heavy atom. The van der Waals surface area contributed by atoms with Crippen molar-refractivity contribution in [1.29, 1.82) is 0 Å². The van der Waals surface area contributed by atoms with E-state index in [4.69, 9.17) is 4.74 Å². The maximum absolute atomic E-state index is 13.2. The lowest BCUT2D eigenvalue weighted by Gasteiger charge is -2.30. The zero-order valence-electron chi connectivity index (χ0n) is 15.9. The normalized spacial score (nSPS) is 18.0. The summed E-state index contributed by atoms with van der Waals surface area (Å²) in [6.07, 6.45) is 1.85. The summed E-state index contributed by atoms with van der Waals surface area (Å²) in [4.78, 5) is 15.2. The fourth-order valence-electron chi connectivity index (χ4n) is 3.84. The minimum absolute atomic E-state index is 0.162. The van der Waals surface area contributed by atoms with Gasteiger partial charge in [0.1, 0.15) is 0 Å². The molecule has 1 fully saturated rings. The Balaban J connectivity index is 1.69. The molecule has 2 aromatic carbocycles. The number of ether oxygens (including phenoxy) is 1. The first-order valence-corrected chi connectivity index (χ1v) is 11.0. The first-order chi connectivity index (χ1) is 13.5. The number of hydrogen-bond donors (Lipinski definition) is 0. The molecule has 0 unspecified atom stereocenters. The maximum atomic E-state index is 13.2. The highest BCUT2D eigenvalue weighted by Gasteiger charge is 2.30. The first kappa shape index (κ1) is 19.1. The Morgan fingerprint density at radius 2 is 1.79 bits per heavy atom. The number of nitrogens with zero attached hydrogens (tertiary/aromatic N) is 2. The molecule has 1 amide bonds. The molecule has 0 aliphatic carbocycles. The van der Waals surface area contributed by atoms with Crippen LogP contribution in [0.1, 0.15) is 27.9 Å². The number of amides is 1. The Labute approximate surface area is 165 Å². The number of rotatable bonds is 3. The van der Waals surface area contributed by atoms with Crippen LogP contribution in [-0.2, 0) is 21.2 Å². The van der Waals surface area contributed by atoms with Crippen LogP contribution in [0.25, 0.3) is 0 Å². The predicted molar refractivity (Wildman–Crippen MR) is 107 cm³/mol. The molecule has 0 bridgehead atoms. The van der Waals surface area contributed by atoms with Crippen molar-refractivity contribution in [1.82, 2.24) is 4.31 Å². The number of morpholine rings is 1. The molecule has 0 radical (unpaired) electrons. The van der Waals surface area contributed by atoms with Crippen LogP contribution >= 0.6 is 0 Å². The summed E-state index contributed by atoms with van der Waals surface area (Å²) in [6.45, 7) is 3.84. The molecule has 0 aromatic heterocycles. The van der Waals surface area contributed by atoms with Gasteiger partial charge in [0.05, 0.1) is 18.1 Å². The van der Waals surface area contributed by atoms with Crippen LogP contribution in [-0.4, -0.2) is 51.5 Å². The Morgan fingerprint density at radius 3 is 2.57 bits per heavy atom. The van der Waals surface area contributed by atoms with Gasteiger partial charge in [-0.05, 0) is 49.1 Å². The van der Waals surface area contributed by atoms with Crippen molar-refractivity contribution in [2.45, 2.75) is 24.7 Å². The molecule has 4 rings (SSSR count). The van der Waals surface area contributed by atoms with E-state index in [1.165, 1.54) is 10.4 Å². The van der Waals surface area contributed by atoms with Crippen LogP contribution in [0, 0.1) is 6.92 Å². The second-order valence-electron chi connectivity index (χ2n) is 7.19. The highest BCUT2D eigenvalue weighted by molar-refractivity contribution is 7.89. The second-order valence-corrected chi connectivity index (χ2v) is 9.09. The van der Waals surface area contributed by atoms with Gasteiger partial charge in [-0.25, -0.2) is 8.42 Å². The van der Waals surface area contributed by atoms with Crippen LogP contribution in [0.4, 0.5) is 5.69 Å². The van der Waals surface area contributed by atoms with Crippen molar-refractivity contribution in [3.63, 3.8) is 0 Å². The van der Waals surface area contributed by atoms with E-state index in [-0.39, 0.29) is 10.8 Å². The quantitative estimate of drug-likeness (QED) is 0.794. The summed E-state index contributed by atoms with van der Waals surface area (Å²) in [5.41, 5.74) is 3.10. The zero-order chi connectivity index (χ0) is 19.7. The molecule has 2 aliphatic heterocycles. The standard InChI is InChI=1S/C21H24N2O4S/c1-16-8-9-18(15-20(16)28(25,26)22-11-13-27-14-12-22)21(24)23-10-4-6-17-5-2-3-7-19(17)23/h2-3,5,7-9,15H,4,6,10-14H2,1H3. The van der Waals surface area contributed by atoms with Gasteiger partial charge in [-0.2, -0.15) is 4.31 Å². The molecule has 28 heavy (non-hydrogen) atoms. The third kappa shape index (κ3) is 3.45. The van der Waals surface area contributed by atoms with Gasteiger partial charge < -0.3 is 9.64 Å². The molecule has 0 saturated carbocycles. The summed E-state index contributed by atoms with van der Waals surface area (Å²) in [5.74, 6) is -0.162. The van der Waals surface area contributed by atoms with E-state index in [0.29, 0.717) is 44.0 Å². The number of anilines is 1. The zero-order valence-corrected chi connectivity index (χ0v) is 16.7. The summed E-state index contributed by atoms with van der Waals surface area (Å²) in [6, 6.07) is 12.9. The largest absolute Gasteiger partial charge is 0.379 e. The molecule has 7 heteroatoms. The second kappa shape index (κ2) is 7.66. The molecule has 6 nitrogen and oxygen atoms in total. The van der Waals surface area contributed by atoms with E-state index in [1.807, 2.05) is 24.3 Å². The number of fused-ring (bicyclic) bond motifs is 1. The van der Waals surface area contributed by atoms with Gasteiger partial charge >= 0.3 is 0 Å². The molecule has 0 N–H and O–H groups in total. The summed E-state index contributed by atoms with van der Waals surface area (Å²) in [7, 11) is -3.66. The van der Waals surface area contributed by atoms with Crippen molar-refractivity contribution >= 4 is 21.6 Å². The molecular formula is C21H24N2O4S. The number of aryl methyl sites for hydroxylation is 2. The van der Waals surface area contributed by atoms with Gasteiger partial charge in [0, 0.05) is 30.9 Å². The number of carbonyl (C=O) groups is 1. The predicted octanol–water partition coefficient (Wildman–Crippen LogP) is 2.61. The van der Waals surface area contributed by atoms with E-state index in [2.05, 4.69) is 0 Å². The maximum Gasteiger partial charge on any atom is 0.258 e. The van der Waals surface area contributed by atoms with Crippen LogP contribution in [0.15, 0.2) is 47.4 Å². The van der Waals surface area contributed by atoms with Crippen molar-refractivity contribution < 1.29 is 17.9 Å². The average Bonchev–Trinajstić information content (AvgIpc) is 2.73. The van der Waals surface area contributed by atoms with E-state index in [1.54, 1.807) is 24.0 Å². The van der Waals surface area contributed by atoms with E-state index < -0.39 is 10.0 Å². The molecule has 0 atom stereocenters. The van der Waals surface area contributed by atoms with Crippen molar-refractivity contribution in [2.75, 3.05) is 37.7 Å². The summed E-state index contributed by atoms with van der Waals surface area (Å²) >= 11 is 0. The van der Waals surface area contributed by atoms with E-state index in [0.717, 1.165) is 24.1 Å². The molecule has 2 heterocycles. The van der Waals surface area contributed by atoms with Gasteiger partial charge in [-0.15, -0.1) is 0 Å². The fourth-order valence-corrected chi connectivity index (χ4v) is 5.50. The van der Waals surface area contributed by atoms with Crippen LogP contribution in [0.2, 0.25) is 0 Å².